The molecule has 0 amide bonds. The van der Waals surface area contributed by atoms with E-state index in [9.17, 15) is 24.6 Å². The van der Waals surface area contributed by atoms with Crippen LogP contribution in [0.2, 0.25) is 0 Å². The minimum absolute atomic E-state index is 0.447. The van der Waals surface area contributed by atoms with Gasteiger partial charge in [-0.1, -0.05) is 0 Å². The number of esters is 3. The first-order valence-electron chi connectivity index (χ1n) is 9.96. The molecule has 174 valence electrons. The van der Waals surface area contributed by atoms with Gasteiger partial charge in [0.1, 0.15) is 18.8 Å². The molecule has 30 heavy (non-hydrogen) atoms. The first kappa shape index (κ1) is 26.3. The number of aliphatic hydroxyl groups is 2. The summed E-state index contributed by atoms with van der Waals surface area (Å²) >= 11 is 0. The number of carbonyl (C=O) groups is 3. The molecule has 5 atom stereocenters. The molecule has 1 aliphatic rings. The highest BCUT2D eigenvalue weighted by Gasteiger charge is 2.53. The van der Waals surface area contributed by atoms with E-state index in [1.165, 1.54) is 0 Å². The van der Waals surface area contributed by atoms with Crippen molar-refractivity contribution in [3.8, 4) is 0 Å². The van der Waals surface area contributed by atoms with Crippen LogP contribution in [-0.2, 0) is 33.3 Å². The minimum atomic E-state index is -1.63. The molecule has 0 saturated carbocycles. The fourth-order valence-corrected chi connectivity index (χ4v) is 2.31. The summed E-state index contributed by atoms with van der Waals surface area (Å²) in [6.07, 6.45) is -6.96. The Morgan fingerprint density at radius 1 is 0.800 bits per heavy atom. The average Bonchev–Trinajstić information content (AvgIpc) is 2.86. The standard InChI is InChI=1S/C21H36O9/c1-19(2,3)16(24)27-10-11(22)12-13(29-17(25)20(4,5)6)14(15(23)28-12)30-18(26)21(7,8)9/h11-15,22-23H,10H2,1-9H3/t11?,12-,13+,14?,15-/m1/s1. The third-order valence-electron chi connectivity index (χ3n) is 4.31. The van der Waals surface area contributed by atoms with Crippen molar-refractivity contribution >= 4 is 17.9 Å². The zero-order valence-corrected chi connectivity index (χ0v) is 19.3. The normalized spacial score (nSPS) is 26.1. The molecule has 1 fully saturated rings. The lowest BCUT2D eigenvalue weighted by molar-refractivity contribution is -0.186. The summed E-state index contributed by atoms with van der Waals surface area (Å²) in [5.74, 6) is -1.81. The van der Waals surface area contributed by atoms with E-state index in [1.807, 2.05) is 0 Å². The fraction of sp³-hybridized carbons (Fsp3) is 0.857. The first-order chi connectivity index (χ1) is 13.4. The van der Waals surface area contributed by atoms with Gasteiger partial charge in [-0.3, -0.25) is 14.4 Å². The third kappa shape index (κ3) is 6.92. The van der Waals surface area contributed by atoms with E-state index in [-0.39, 0.29) is 0 Å². The maximum Gasteiger partial charge on any atom is 0.311 e. The molecule has 0 bridgehead atoms. The molecule has 1 saturated heterocycles. The molecular formula is C21H36O9. The lowest BCUT2D eigenvalue weighted by Gasteiger charge is -2.30. The maximum atomic E-state index is 12.5. The van der Waals surface area contributed by atoms with Gasteiger partial charge in [0.25, 0.3) is 0 Å². The Labute approximate surface area is 178 Å². The van der Waals surface area contributed by atoms with E-state index in [2.05, 4.69) is 0 Å². The summed E-state index contributed by atoms with van der Waals surface area (Å²) in [7, 11) is 0. The van der Waals surface area contributed by atoms with Crippen LogP contribution in [-0.4, -0.2) is 65.4 Å². The van der Waals surface area contributed by atoms with Crippen molar-refractivity contribution in [1.29, 1.82) is 0 Å². The van der Waals surface area contributed by atoms with Gasteiger partial charge in [0.15, 0.2) is 18.5 Å². The summed E-state index contributed by atoms with van der Waals surface area (Å²) in [5, 5.41) is 20.8. The smallest absolute Gasteiger partial charge is 0.311 e. The van der Waals surface area contributed by atoms with Gasteiger partial charge in [-0.25, -0.2) is 0 Å². The zero-order chi connectivity index (χ0) is 23.7. The number of hydrogen-bond donors (Lipinski definition) is 2. The average molecular weight is 433 g/mol. The number of aliphatic hydroxyl groups excluding tert-OH is 2. The van der Waals surface area contributed by atoms with Crippen molar-refractivity contribution in [3.05, 3.63) is 0 Å². The lowest BCUT2D eigenvalue weighted by atomic mass is 9.96. The van der Waals surface area contributed by atoms with E-state index >= 15 is 0 Å². The summed E-state index contributed by atoms with van der Waals surface area (Å²) < 4.78 is 21.3. The first-order valence-corrected chi connectivity index (χ1v) is 9.96. The molecule has 0 aromatic carbocycles. The molecule has 0 aromatic heterocycles. The van der Waals surface area contributed by atoms with Gasteiger partial charge in [0.05, 0.1) is 16.2 Å². The van der Waals surface area contributed by atoms with E-state index in [1.54, 1.807) is 62.3 Å². The molecule has 0 aliphatic carbocycles. The van der Waals surface area contributed by atoms with Crippen LogP contribution in [0.3, 0.4) is 0 Å². The van der Waals surface area contributed by atoms with Crippen molar-refractivity contribution in [2.75, 3.05) is 6.61 Å². The van der Waals surface area contributed by atoms with Crippen LogP contribution >= 0.6 is 0 Å². The fourth-order valence-electron chi connectivity index (χ4n) is 2.31. The monoisotopic (exact) mass is 432 g/mol. The van der Waals surface area contributed by atoms with Crippen LogP contribution < -0.4 is 0 Å². The van der Waals surface area contributed by atoms with Crippen molar-refractivity contribution in [1.82, 2.24) is 0 Å². The van der Waals surface area contributed by atoms with Crippen molar-refractivity contribution < 1.29 is 43.5 Å². The van der Waals surface area contributed by atoms with E-state index in [0.717, 1.165) is 0 Å². The summed E-state index contributed by atoms with van der Waals surface area (Å²) in [4.78, 5) is 36.8. The van der Waals surface area contributed by atoms with Gasteiger partial charge >= 0.3 is 17.9 Å². The molecule has 9 nitrogen and oxygen atoms in total. The molecule has 2 unspecified atom stereocenters. The highest BCUT2D eigenvalue weighted by Crippen LogP contribution is 2.32. The minimum Gasteiger partial charge on any atom is -0.462 e. The summed E-state index contributed by atoms with van der Waals surface area (Å²) in [6.45, 7) is 14.3. The SMILES string of the molecule is CC(C)(C)C(=O)OCC(O)[C@H]1O[C@@H](O)C(OC(=O)C(C)(C)C)[C@H]1OC(=O)C(C)(C)C. The van der Waals surface area contributed by atoms with Gasteiger partial charge in [-0.2, -0.15) is 0 Å². The van der Waals surface area contributed by atoms with Crippen molar-refractivity contribution in [2.24, 2.45) is 16.2 Å². The van der Waals surface area contributed by atoms with Crippen molar-refractivity contribution in [3.63, 3.8) is 0 Å². The van der Waals surface area contributed by atoms with Gasteiger partial charge in [0, 0.05) is 0 Å². The summed E-state index contributed by atoms with van der Waals surface area (Å²) in [5.41, 5.74) is -2.55. The molecule has 1 aliphatic heterocycles. The Morgan fingerprint density at radius 3 is 1.60 bits per heavy atom. The molecule has 1 heterocycles. The molecular weight excluding hydrogens is 396 g/mol. The number of carbonyl (C=O) groups excluding carboxylic acids is 3. The topological polar surface area (TPSA) is 129 Å². The second-order valence-electron chi connectivity index (χ2n) is 10.6. The maximum absolute atomic E-state index is 12.5. The van der Waals surface area contributed by atoms with Crippen molar-refractivity contribution in [2.45, 2.75) is 93.0 Å². The third-order valence-corrected chi connectivity index (χ3v) is 4.31. The van der Waals surface area contributed by atoms with Crippen LogP contribution in [0, 0.1) is 16.2 Å². The van der Waals surface area contributed by atoms with E-state index in [4.69, 9.17) is 18.9 Å². The Kier molecular flexibility index (Phi) is 8.07. The number of ether oxygens (including phenoxy) is 4. The van der Waals surface area contributed by atoms with Gasteiger partial charge in [-0.15, -0.1) is 0 Å². The largest absolute Gasteiger partial charge is 0.462 e. The van der Waals surface area contributed by atoms with Crippen LogP contribution in [0.4, 0.5) is 0 Å². The highest BCUT2D eigenvalue weighted by atomic mass is 16.7. The Bertz CT molecular complexity index is 636. The second-order valence-corrected chi connectivity index (χ2v) is 10.6. The Morgan fingerprint density at radius 2 is 1.20 bits per heavy atom. The Hall–Kier alpha value is -1.71. The molecule has 1 rings (SSSR count). The number of rotatable bonds is 5. The van der Waals surface area contributed by atoms with Crippen LogP contribution in [0.25, 0.3) is 0 Å². The number of hydrogen-bond acceptors (Lipinski definition) is 9. The van der Waals surface area contributed by atoms with Gasteiger partial charge in [0.2, 0.25) is 0 Å². The molecule has 0 aromatic rings. The van der Waals surface area contributed by atoms with E-state index < -0.39 is 71.5 Å². The van der Waals surface area contributed by atoms with Gasteiger partial charge < -0.3 is 29.2 Å². The van der Waals surface area contributed by atoms with Crippen LogP contribution in [0.1, 0.15) is 62.3 Å². The molecule has 2 N–H and O–H groups in total. The van der Waals surface area contributed by atoms with Gasteiger partial charge in [-0.05, 0) is 62.3 Å². The quantitative estimate of drug-likeness (QED) is 0.491. The predicted octanol–water partition coefficient (Wildman–Crippen LogP) is 1.57. The van der Waals surface area contributed by atoms with E-state index in [0.29, 0.717) is 0 Å². The molecule has 0 spiro atoms. The van der Waals surface area contributed by atoms with Crippen LogP contribution in [0.5, 0.6) is 0 Å². The Balaban J connectivity index is 3.06. The highest BCUT2D eigenvalue weighted by molar-refractivity contribution is 5.77. The van der Waals surface area contributed by atoms with Crippen LogP contribution in [0.15, 0.2) is 0 Å². The summed E-state index contributed by atoms with van der Waals surface area (Å²) in [6, 6.07) is 0. The lowest BCUT2D eigenvalue weighted by Crippen LogP contribution is -2.48. The molecule has 0 radical (unpaired) electrons. The predicted molar refractivity (Wildman–Crippen MR) is 106 cm³/mol. The zero-order valence-electron chi connectivity index (χ0n) is 19.3. The second kappa shape index (κ2) is 9.20. The molecule has 9 heteroatoms.